The minimum atomic E-state index is -4.41. The first-order valence-corrected chi connectivity index (χ1v) is 10.3. The Morgan fingerprint density at radius 2 is 1.86 bits per heavy atom. The predicted octanol–water partition coefficient (Wildman–Crippen LogP) is 5.81. The van der Waals surface area contributed by atoms with E-state index >= 15 is 0 Å². The van der Waals surface area contributed by atoms with E-state index < -0.39 is 11.7 Å². The molecule has 3 aromatic rings. The van der Waals surface area contributed by atoms with Crippen molar-refractivity contribution in [1.29, 1.82) is 0 Å². The Hall–Kier alpha value is -2.48. The van der Waals surface area contributed by atoms with Gasteiger partial charge in [0.25, 0.3) is 0 Å². The first-order chi connectivity index (χ1) is 13.7. The molecule has 154 valence electrons. The van der Waals surface area contributed by atoms with Crippen LogP contribution in [0.2, 0.25) is 0 Å². The minimum Gasteiger partial charge on any atom is -0.325 e. The van der Waals surface area contributed by atoms with E-state index in [1.54, 1.807) is 4.57 Å². The number of amides is 1. The molecule has 4 nitrogen and oxygen atoms in total. The number of nitrogens with one attached hydrogen (secondary N) is 1. The van der Waals surface area contributed by atoms with Gasteiger partial charge in [0.15, 0.2) is 5.16 Å². The van der Waals surface area contributed by atoms with Crippen molar-refractivity contribution in [2.24, 2.45) is 0 Å². The molecule has 0 atom stereocenters. The molecule has 8 heteroatoms. The fourth-order valence-corrected chi connectivity index (χ4v) is 3.98. The van der Waals surface area contributed by atoms with Crippen molar-refractivity contribution in [3.63, 3.8) is 0 Å². The summed E-state index contributed by atoms with van der Waals surface area (Å²) in [7, 11) is 0. The number of aryl methyl sites for hydroxylation is 3. The summed E-state index contributed by atoms with van der Waals surface area (Å²) in [5.74, 6) is -0.0640. The largest absolute Gasteiger partial charge is 0.416 e. The van der Waals surface area contributed by atoms with Crippen LogP contribution in [0.3, 0.4) is 0 Å². The zero-order chi connectivity index (χ0) is 21.2. The predicted molar refractivity (Wildman–Crippen MR) is 110 cm³/mol. The first-order valence-electron chi connectivity index (χ1n) is 9.27. The van der Waals surface area contributed by atoms with Crippen LogP contribution >= 0.6 is 11.8 Å². The van der Waals surface area contributed by atoms with Gasteiger partial charge in [0.05, 0.1) is 22.3 Å². The van der Waals surface area contributed by atoms with Gasteiger partial charge in [0, 0.05) is 12.2 Å². The molecule has 0 aliphatic carbocycles. The second-order valence-corrected chi connectivity index (χ2v) is 7.79. The van der Waals surface area contributed by atoms with Gasteiger partial charge in [0.1, 0.15) is 0 Å². The number of para-hydroxylation sites is 1. The van der Waals surface area contributed by atoms with Gasteiger partial charge in [-0.15, -0.1) is 0 Å². The van der Waals surface area contributed by atoms with Crippen molar-refractivity contribution in [2.75, 3.05) is 11.1 Å². The Morgan fingerprint density at radius 1 is 1.17 bits per heavy atom. The van der Waals surface area contributed by atoms with Crippen LogP contribution in [0.25, 0.3) is 11.0 Å². The van der Waals surface area contributed by atoms with Crippen molar-refractivity contribution in [1.82, 2.24) is 9.55 Å². The Morgan fingerprint density at radius 3 is 2.48 bits per heavy atom. The number of carbonyl (C=O) groups is 1. The fourth-order valence-electron chi connectivity index (χ4n) is 3.14. The van der Waals surface area contributed by atoms with Crippen molar-refractivity contribution in [3.8, 4) is 0 Å². The average molecular weight is 421 g/mol. The lowest BCUT2D eigenvalue weighted by molar-refractivity contribution is -0.137. The lowest BCUT2D eigenvalue weighted by atomic mass is 10.1. The van der Waals surface area contributed by atoms with Gasteiger partial charge in [-0.25, -0.2) is 4.98 Å². The summed E-state index contributed by atoms with van der Waals surface area (Å²) in [6, 6.07) is 9.32. The van der Waals surface area contributed by atoms with Crippen molar-refractivity contribution in [2.45, 2.75) is 45.1 Å². The summed E-state index contributed by atoms with van der Waals surface area (Å²) in [5, 5.41) is 3.46. The third-order valence-corrected chi connectivity index (χ3v) is 5.54. The highest BCUT2D eigenvalue weighted by Gasteiger charge is 2.31. The summed E-state index contributed by atoms with van der Waals surface area (Å²) in [5.41, 5.74) is 2.95. The van der Waals surface area contributed by atoms with Crippen LogP contribution in [0.5, 0.6) is 0 Å². The number of halogens is 3. The van der Waals surface area contributed by atoms with Crippen LogP contribution in [-0.2, 0) is 17.5 Å². The van der Waals surface area contributed by atoms with Gasteiger partial charge in [-0.2, -0.15) is 13.2 Å². The minimum absolute atomic E-state index is 0.118. The normalized spacial score (nSPS) is 11.8. The molecule has 0 aliphatic heterocycles. The van der Waals surface area contributed by atoms with Crippen LogP contribution < -0.4 is 5.32 Å². The lowest BCUT2D eigenvalue weighted by Crippen LogP contribution is -2.16. The number of aromatic nitrogens is 2. The van der Waals surface area contributed by atoms with E-state index in [2.05, 4.69) is 10.3 Å². The lowest BCUT2D eigenvalue weighted by Gasteiger charge is -2.12. The molecule has 0 spiro atoms. The molecule has 2 aromatic carbocycles. The summed E-state index contributed by atoms with van der Waals surface area (Å²) in [6.07, 6.45) is -3.67. The van der Waals surface area contributed by atoms with Gasteiger partial charge in [-0.3, -0.25) is 4.79 Å². The average Bonchev–Trinajstić information content (AvgIpc) is 3.00. The standard InChI is InChI=1S/C21H22F3N3OS/c1-4-10-27-17-11-15(21(22,23)24)8-9-16(17)25-20(27)29-12-18(28)26-19-13(2)6-5-7-14(19)3/h5-9,11H,4,10,12H2,1-3H3,(H,26,28). The maximum Gasteiger partial charge on any atom is 0.416 e. The Bertz CT molecular complexity index is 1020. The Balaban J connectivity index is 1.82. The van der Waals surface area contributed by atoms with E-state index in [1.807, 2.05) is 39.0 Å². The third-order valence-electron chi connectivity index (χ3n) is 4.57. The second-order valence-electron chi connectivity index (χ2n) is 6.85. The molecule has 1 N–H and O–H groups in total. The van der Waals surface area contributed by atoms with E-state index in [0.717, 1.165) is 35.4 Å². The van der Waals surface area contributed by atoms with Crippen molar-refractivity contribution < 1.29 is 18.0 Å². The zero-order valence-electron chi connectivity index (χ0n) is 16.4. The summed E-state index contributed by atoms with van der Waals surface area (Å²) in [6.45, 7) is 6.32. The fraction of sp³-hybridized carbons (Fsp3) is 0.333. The summed E-state index contributed by atoms with van der Waals surface area (Å²) >= 11 is 1.22. The molecule has 0 saturated heterocycles. The number of fused-ring (bicyclic) bond motifs is 1. The highest BCUT2D eigenvalue weighted by Crippen LogP contribution is 2.33. The number of rotatable bonds is 6. The molecule has 0 aliphatic rings. The second kappa shape index (κ2) is 8.49. The molecule has 0 fully saturated rings. The number of imidazole rings is 1. The Labute approximate surface area is 171 Å². The molecule has 0 saturated carbocycles. The monoisotopic (exact) mass is 421 g/mol. The number of anilines is 1. The van der Waals surface area contributed by atoms with E-state index in [9.17, 15) is 18.0 Å². The van der Waals surface area contributed by atoms with Gasteiger partial charge < -0.3 is 9.88 Å². The smallest absolute Gasteiger partial charge is 0.325 e. The number of carbonyl (C=O) groups excluding carboxylic acids is 1. The molecular weight excluding hydrogens is 399 g/mol. The van der Waals surface area contributed by atoms with Crippen LogP contribution in [0.1, 0.15) is 30.0 Å². The van der Waals surface area contributed by atoms with Gasteiger partial charge in [0.2, 0.25) is 5.91 Å². The highest BCUT2D eigenvalue weighted by atomic mass is 32.2. The molecule has 1 aromatic heterocycles. The molecular formula is C21H22F3N3OS. The number of alkyl halides is 3. The molecule has 0 radical (unpaired) electrons. The van der Waals surface area contributed by atoms with Crippen LogP contribution in [0, 0.1) is 13.8 Å². The molecule has 1 heterocycles. The SMILES string of the molecule is CCCn1c(SCC(=O)Nc2c(C)cccc2C)nc2ccc(C(F)(F)F)cc21. The topological polar surface area (TPSA) is 46.9 Å². The van der Waals surface area contributed by atoms with Gasteiger partial charge in [-0.1, -0.05) is 36.9 Å². The van der Waals surface area contributed by atoms with Gasteiger partial charge in [-0.05, 0) is 49.6 Å². The molecule has 0 bridgehead atoms. The van der Waals surface area contributed by atoms with Crippen molar-refractivity contribution >= 4 is 34.4 Å². The molecule has 1 amide bonds. The highest BCUT2D eigenvalue weighted by molar-refractivity contribution is 7.99. The van der Waals surface area contributed by atoms with Crippen LogP contribution in [0.15, 0.2) is 41.6 Å². The van der Waals surface area contributed by atoms with Crippen LogP contribution in [-0.4, -0.2) is 21.2 Å². The van der Waals surface area contributed by atoms with E-state index in [-0.39, 0.29) is 11.7 Å². The van der Waals surface area contributed by atoms with Gasteiger partial charge >= 0.3 is 6.18 Å². The maximum atomic E-state index is 13.1. The molecule has 0 unspecified atom stereocenters. The number of hydrogen-bond acceptors (Lipinski definition) is 3. The number of hydrogen-bond donors (Lipinski definition) is 1. The first kappa shape index (κ1) is 21.2. The summed E-state index contributed by atoms with van der Waals surface area (Å²) < 4.78 is 41.0. The summed E-state index contributed by atoms with van der Waals surface area (Å²) in [4.78, 5) is 16.9. The number of nitrogens with zero attached hydrogens (tertiary/aromatic N) is 2. The van der Waals surface area contributed by atoms with Crippen LogP contribution in [0.4, 0.5) is 18.9 Å². The van der Waals surface area contributed by atoms with E-state index in [1.165, 1.54) is 17.8 Å². The maximum absolute atomic E-state index is 13.1. The van der Waals surface area contributed by atoms with E-state index in [4.69, 9.17) is 0 Å². The third kappa shape index (κ3) is 4.75. The quantitative estimate of drug-likeness (QED) is 0.511. The Kier molecular flexibility index (Phi) is 6.21. The molecule has 29 heavy (non-hydrogen) atoms. The molecule has 3 rings (SSSR count). The van der Waals surface area contributed by atoms with E-state index in [0.29, 0.717) is 22.7 Å². The number of benzene rings is 2. The zero-order valence-corrected chi connectivity index (χ0v) is 17.2. The number of thioether (sulfide) groups is 1. The van der Waals surface area contributed by atoms with Crippen molar-refractivity contribution in [3.05, 3.63) is 53.1 Å².